The zero-order chi connectivity index (χ0) is 30.8. The number of aromatic hydroxyl groups is 1. The first-order chi connectivity index (χ1) is 21.3. The van der Waals surface area contributed by atoms with Gasteiger partial charge in [-0.3, -0.25) is 14.6 Å². The molecule has 6 rings (SSSR count). The standard InChI is InChI=1S/C32H40N10O2/c1-5-33-31-34-20-28-29(35-31)39(4)16-17-41(30(28)44)25-9-7-10-26(19-25)42-22-24(36-37-42)21-40-14-12-32(13-15-40,38(2)3)23-8-6-11-27(43)18-23/h6-11,18-20,22,43H,5,12-17,21H2,1-4H3,(H,33,34,35). The maximum absolute atomic E-state index is 13.7. The number of hydrogen-bond acceptors (Lipinski definition) is 10. The van der Waals surface area contributed by atoms with Crippen LogP contribution in [-0.2, 0) is 12.1 Å². The number of phenols is 1. The van der Waals surface area contributed by atoms with Crippen molar-refractivity contribution in [3.63, 3.8) is 0 Å². The van der Waals surface area contributed by atoms with E-state index in [-0.39, 0.29) is 11.4 Å². The Kier molecular flexibility index (Phi) is 8.19. The van der Waals surface area contributed by atoms with E-state index >= 15 is 0 Å². The van der Waals surface area contributed by atoms with E-state index in [0.717, 1.165) is 48.6 Å². The predicted octanol–water partition coefficient (Wildman–Crippen LogP) is 3.34. The molecule has 2 aromatic heterocycles. The number of rotatable bonds is 8. The molecule has 1 saturated heterocycles. The number of hydrogen-bond donors (Lipinski definition) is 2. The number of piperidine rings is 1. The number of fused-ring (bicyclic) bond motifs is 1. The monoisotopic (exact) mass is 596 g/mol. The number of benzene rings is 2. The third-order valence-electron chi connectivity index (χ3n) is 8.85. The van der Waals surface area contributed by atoms with Gasteiger partial charge >= 0.3 is 0 Å². The second kappa shape index (κ2) is 12.2. The topological polar surface area (TPSA) is 119 Å². The summed E-state index contributed by atoms with van der Waals surface area (Å²) in [6.45, 7) is 6.35. The number of nitrogens with zero attached hydrogens (tertiary/aromatic N) is 9. The van der Waals surface area contributed by atoms with Gasteiger partial charge in [0, 0.05) is 63.7 Å². The molecule has 2 aromatic carbocycles. The maximum atomic E-state index is 13.7. The minimum absolute atomic E-state index is 0.117. The van der Waals surface area contributed by atoms with Crippen molar-refractivity contribution in [1.29, 1.82) is 0 Å². The molecule has 230 valence electrons. The molecule has 0 unspecified atom stereocenters. The molecule has 0 saturated carbocycles. The van der Waals surface area contributed by atoms with E-state index in [9.17, 15) is 9.90 Å². The van der Waals surface area contributed by atoms with Crippen LogP contribution in [0.3, 0.4) is 0 Å². The van der Waals surface area contributed by atoms with Crippen LogP contribution in [-0.4, -0.2) is 99.6 Å². The highest BCUT2D eigenvalue weighted by atomic mass is 16.3. The van der Waals surface area contributed by atoms with Gasteiger partial charge in [-0.25, -0.2) is 9.67 Å². The fourth-order valence-corrected chi connectivity index (χ4v) is 6.31. The van der Waals surface area contributed by atoms with Crippen LogP contribution in [0, 0.1) is 0 Å². The van der Waals surface area contributed by atoms with Crippen LogP contribution < -0.4 is 15.1 Å². The smallest absolute Gasteiger partial charge is 0.263 e. The molecule has 0 spiro atoms. The lowest BCUT2D eigenvalue weighted by atomic mass is 9.79. The number of carbonyl (C=O) groups excluding carboxylic acids is 1. The molecule has 2 N–H and O–H groups in total. The molecule has 44 heavy (non-hydrogen) atoms. The van der Waals surface area contributed by atoms with Gasteiger partial charge in [-0.2, -0.15) is 4.98 Å². The highest BCUT2D eigenvalue weighted by Gasteiger charge is 2.38. The van der Waals surface area contributed by atoms with Crippen LogP contribution in [0.2, 0.25) is 0 Å². The first kappa shape index (κ1) is 29.5. The van der Waals surface area contributed by atoms with Gasteiger partial charge in [0.25, 0.3) is 5.91 Å². The first-order valence-electron chi connectivity index (χ1n) is 15.1. The number of amides is 1. The van der Waals surface area contributed by atoms with Crippen LogP contribution in [0.4, 0.5) is 17.5 Å². The molecular formula is C32H40N10O2. The third kappa shape index (κ3) is 5.70. The molecule has 0 aliphatic carbocycles. The zero-order valence-corrected chi connectivity index (χ0v) is 25.8. The van der Waals surface area contributed by atoms with Crippen molar-refractivity contribution in [2.24, 2.45) is 0 Å². The van der Waals surface area contributed by atoms with Crippen LogP contribution in [0.15, 0.2) is 60.9 Å². The molecule has 0 atom stereocenters. The van der Waals surface area contributed by atoms with Gasteiger partial charge in [-0.15, -0.1) is 5.10 Å². The summed E-state index contributed by atoms with van der Waals surface area (Å²) < 4.78 is 1.77. The molecule has 12 heteroatoms. The normalized spacial score (nSPS) is 17.1. The Bertz CT molecular complexity index is 1630. The van der Waals surface area contributed by atoms with Crippen molar-refractivity contribution in [3.8, 4) is 11.4 Å². The lowest BCUT2D eigenvalue weighted by Crippen LogP contribution is -2.50. The molecule has 1 fully saturated rings. The van der Waals surface area contributed by atoms with Gasteiger partial charge in [-0.05, 0) is 69.8 Å². The van der Waals surface area contributed by atoms with Gasteiger partial charge in [0.1, 0.15) is 17.1 Å². The minimum atomic E-state index is -0.131. The van der Waals surface area contributed by atoms with E-state index in [1.807, 2.05) is 61.5 Å². The summed E-state index contributed by atoms with van der Waals surface area (Å²) in [5.41, 5.74) is 4.01. The molecule has 0 bridgehead atoms. The zero-order valence-electron chi connectivity index (χ0n) is 25.8. The van der Waals surface area contributed by atoms with Gasteiger partial charge < -0.3 is 20.2 Å². The fraction of sp³-hybridized carbons (Fsp3) is 0.406. The van der Waals surface area contributed by atoms with Gasteiger partial charge in [0.2, 0.25) is 5.95 Å². The number of likely N-dealkylation sites (tertiary alicyclic amines) is 1. The Morgan fingerprint density at radius 2 is 1.80 bits per heavy atom. The van der Waals surface area contributed by atoms with Crippen LogP contribution >= 0.6 is 0 Å². The Balaban J connectivity index is 1.15. The van der Waals surface area contributed by atoms with Gasteiger partial charge in [-0.1, -0.05) is 23.4 Å². The van der Waals surface area contributed by atoms with E-state index in [4.69, 9.17) is 0 Å². The molecule has 2 aliphatic heterocycles. The summed E-state index contributed by atoms with van der Waals surface area (Å²) in [5.74, 6) is 1.31. The lowest BCUT2D eigenvalue weighted by molar-refractivity contribution is 0.0501. The number of nitrogens with one attached hydrogen (secondary N) is 1. The van der Waals surface area contributed by atoms with E-state index < -0.39 is 0 Å². The van der Waals surface area contributed by atoms with Crippen molar-refractivity contribution in [2.45, 2.75) is 31.8 Å². The van der Waals surface area contributed by atoms with Gasteiger partial charge in [0.15, 0.2) is 0 Å². The van der Waals surface area contributed by atoms with E-state index in [1.165, 1.54) is 0 Å². The Labute approximate surface area is 257 Å². The van der Waals surface area contributed by atoms with E-state index in [1.54, 1.807) is 21.8 Å². The highest BCUT2D eigenvalue weighted by molar-refractivity contribution is 6.09. The average Bonchev–Trinajstić information content (AvgIpc) is 3.45. The Morgan fingerprint density at radius 1 is 1.02 bits per heavy atom. The second-order valence-corrected chi connectivity index (χ2v) is 11.8. The second-order valence-electron chi connectivity index (χ2n) is 11.8. The molecule has 4 heterocycles. The first-order valence-corrected chi connectivity index (χ1v) is 15.1. The lowest BCUT2D eigenvalue weighted by Gasteiger charge is -2.46. The molecular weight excluding hydrogens is 556 g/mol. The molecule has 1 amide bonds. The third-order valence-corrected chi connectivity index (χ3v) is 8.85. The fourth-order valence-electron chi connectivity index (χ4n) is 6.31. The predicted molar refractivity (Wildman–Crippen MR) is 170 cm³/mol. The highest BCUT2D eigenvalue weighted by Crippen LogP contribution is 2.38. The van der Waals surface area contributed by atoms with Crippen molar-refractivity contribution >= 4 is 23.4 Å². The van der Waals surface area contributed by atoms with E-state index in [0.29, 0.717) is 49.3 Å². The summed E-state index contributed by atoms with van der Waals surface area (Å²) in [5, 5.41) is 22.1. The number of likely N-dealkylation sites (N-methyl/N-ethyl adjacent to an activating group) is 1. The Hall–Kier alpha value is -4.55. The molecule has 0 radical (unpaired) electrons. The number of carbonyl (C=O) groups is 1. The molecule has 12 nitrogen and oxygen atoms in total. The molecule has 4 aromatic rings. The summed E-state index contributed by atoms with van der Waals surface area (Å²) in [6.07, 6.45) is 5.47. The number of anilines is 3. The van der Waals surface area contributed by atoms with Crippen LogP contribution in [0.1, 0.15) is 41.4 Å². The molecule has 2 aliphatic rings. The number of aromatic nitrogens is 5. The summed E-state index contributed by atoms with van der Waals surface area (Å²) >= 11 is 0. The maximum Gasteiger partial charge on any atom is 0.263 e. The average molecular weight is 597 g/mol. The summed E-state index contributed by atoms with van der Waals surface area (Å²) in [6, 6.07) is 15.5. The SMILES string of the molecule is CCNc1ncc2c(n1)N(C)CCN(c1cccc(-n3cc(CN4CCC(c5cccc(O)c5)(N(C)C)CC4)nn3)c1)C2=O. The van der Waals surface area contributed by atoms with Crippen molar-refractivity contribution in [2.75, 3.05) is 69.0 Å². The van der Waals surface area contributed by atoms with Crippen molar-refractivity contribution in [3.05, 3.63) is 77.7 Å². The Morgan fingerprint density at radius 3 is 2.55 bits per heavy atom. The van der Waals surface area contributed by atoms with Crippen molar-refractivity contribution < 1.29 is 9.90 Å². The van der Waals surface area contributed by atoms with Crippen molar-refractivity contribution in [1.82, 2.24) is 34.8 Å². The van der Waals surface area contributed by atoms with Crippen LogP contribution in [0.5, 0.6) is 5.75 Å². The van der Waals surface area contributed by atoms with Gasteiger partial charge in [0.05, 0.1) is 17.6 Å². The number of phenolic OH excluding ortho intramolecular Hbond substituents is 1. The van der Waals surface area contributed by atoms with E-state index in [2.05, 4.69) is 55.6 Å². The largest absolute Gasteiger partial charge is 0.508 e. The summed E-state index contributed by atoms with van der Waals surface area (Å²) in [4.78, 5) is 31.1. The quantitative estimate of drug-likeness (QED) is 0.314. The minimum Gasteiger partial charge on any atom is -0.508 e. The van der Waals surface area contributed by atoms with Crippen LogP contribution in [0.25, 0.3) is 5.69 Å². The summed E-state index contributed by atoms with van der Waals surface area (Å²) in [7, 11) is 6.18.